The van der Waals surface area contributed by atoms with Crippen LogP contribution in [-0.4, -0.2) is 65.5 Å². The molecule has 3 aromatic carbocycles. The summed E-state index contributed by atoms with van der Waals surface area (Å²) >= 11 is 0. The van der Waals surface area contributed by atoms with E-state index in [1.165, 1.54) is 4.90 Å². The first-order chi connectivity index (χ1) is 20.8. The molecule has 2 N–H and O–H groups in total. The molecule has 0 saturated carbocycles. The number of fused-ring (bicyclic) bond motifs is 4. The van der Waals surface area contributed by atoms with Crippen molar-refractivity contribution in [1.29, 1.82) is 0 Å². The van der Waals surface area contributed by atoms with E-state index in [1.807, 2.05) is 80.6 Å². The largest absolute Gasteiger partial charge is 0.493 e. The van der Waals surface area contributed by atoms with Crippen LogP contribution in [0, 0.1) is 0 Å². The lowest BCUT2D eigenvalue weighted by molar-refractivity contribution is -0.134. The van der Waals surface area contributed by atoms with Gasteiger partial charge in [0.1, 0.15) is 11.2 Å². The highest BCUT2D eigenvalue weighted by atomic mass is 16.5. The van der Waals surface area contributed by atoms with Crippen LogP contribution in [0.1, 0.15) is 41.8 Å². The van der Waals surface area contributed by atoms with E-state index in [4.69, 9.17) is 19.4 Å². The fraction of sp³-hybridized carbons (Fsp3) is 0.294. The first kappa shape index (κ1) is 28.4. The third kappa shape index (κ3) is 5.21. The molecule has 0 bridgehead atoms. The Labute approximate surface area is 250 Å². The average Bonchev–Trinajstić information content (AvgIpc) is 3.47. The van der Waals surface area contributed by atoms with E-state index >= 15 is 0 Å². The number of carbonyl (C=O) groups is 2. The monoisotopic (exact) mass is 577 g/mol. The Morgan fingerprint density at radius 3 is 2.53 bits per heavy atom. The number of aromatic nitrogens is 3. The van der Waals surface area contributed by atoms with E-state index < -0.39 is 5.41 Å². The molecule has 9 nitrogen and oxygen atoms in total. The number of H-pyrrole nitrogens is 1. The minimum atomic E-state index is -0.863. The van der Waals surface area contributed by atoms with Gasteiger partial charge in [0.05, 0.1) is 36.2 Å². The molecule has 0 spiro atoms. The number of pyridine rings is 1. The number of rotatable bonds is 10. The number of para-hydroxylation sites is 1. The Balaban J connectivity index is 1.17. The first-order valence-corrected chi connectivity index (χ1v) is 14.5. The average molecular weight is 578 g/mol. The van der Waals surface area contributed by atoms with Crippen molar-refractivity contribution in [1.82, 2.24) is 25.2 Å². The molecule has 2 amide bonds. The molecule has 0 aliphatic carbocycles. The van der Waals surface area contributed by atoms with Crippen molar-refractivity contribution in [3.8, 4) is 23.0 Å². The number of carbonyl (C=O) groups excluding carboxylic acids is 2. The molecular weight excluding hydrogens is 542 g/mol. The number of nitrogens with zero attached hydrogens (tertiary/aromatic N) is 3. The second-order valence-electron chi connectivity index (χ2n) is 11.3. The van der Waals surface area contributed by atoms with Gasteiger partial charge >= 0.3 is 0 Å². The molecule has 0 fully saturated rings. The maximum absolute atomic E-state index is 13.9. The Kier molecular flexibility index (Phi) is 7.58. The van der Waals surface area contributed by atoms with Gasteiger partial charge in [-0.25, -0.2) is 9.97 Å². The van der Waals surface area contributed by atoms with Crippen molar-refractivity contribution < 1.29 is 19.1 Å². The summed E-state index contributed by atoms with van der Waals surface area (Å²) in [7, 11) is 3.25. The van der Waals surface area contributed by atoms with E-state index in [-0.39, 0.29) is 11.8 Å². The van der Waals surface area contributed by atoms with Crippen LogP contribution in [0.5, 0.6) is 11.5 Å². The summed E-state index contributed by atoms with van der Waals surface area (Å²) in [6.45, 7) is 5.50. The second kappa shape index (κ2) is 11.5. The summed E-state index contributed by atoms with van der Waals surface area (Å²) in [5.74, 6) is 1.49. The van der Waals surface area contributed by atoms with Crippen LogP contribution in [0.25, 0.3) is 33.5 Å². The van der Waals surface area contributed by atoms with Crippen LogP contribution in [0.4, 0.5) is 0 Å². The fourth-order valence-electron chi connectivity index (χ4n) is 5.77. The molecule has 2 aromatic heterocycles. The van der Waals surface area contributed by atoms with Gasteiger partial charge < -0.3 is 19.8 Å². The van der Waals surface area contributed by atoms with Gasteiger partial charge in [0.25, 0.3) is 5.91 Å². The Hall–Kier alpha value is -4.76. The first-order valence-electron chi connectivity index (χ1n) is 14.5. The van der Waals surface area contributed by atoms with Gasteiger partial charge in [0.2, 0.25) is 5.91 Å². The van der Waals surface area contributed by atoms with Crippen molar-refractivity contribution in [3.05, 3.63) is 83.4 Å². The van der Waals surface area contributed by atoms with Crippen LogP contribution in [0.15, 0.2) is 66.7 Å². The normalized spacial score (nSPS) is 14.4. The predicted octanol–water partition coefficient (Wildman–Crippen LogP) is 5.28. The molecule has 0 saturated heterocycles. The highest BCUT2D eigenvalue weighted by Gasteiger charge is 2.45. The molecule has 6 rings (SSSR count). The number of hydrogen-bond donors (Lipinski definition) is 2. The number of imidazole rings is 1. The maximum Gasteiger partial charge on any atom is 0.263 e. The van der Waals surface area contributed by atoms with Crippen molar-refractivity contribution >= 4 is 33.8 Å². The number of methoxy groups -OCH3 is 2. The summed E-state index contributed by atoms with van der Waals surface area (Å²) in [4.78, 5) is 41.8. The number of benzene rings is 3. The molecule has 9 heteroatoms. The highest BCUT2D eigenvalue weighted by Crippen LogP contribution is 2.38. The Morgan fingerprint density at radius 2 is 1.72 bits per heavy atom. The number of nitrogens with one attached hydrogen (secondary N) is 2. The Bertz CT molecular complexity index is 1840. The molecule has 43 heavy (non-hydrogen) atoms. The molecule has 0 radical (unpaired) electrons. The standard InChI is InChI=1S/C34H35N5O4/c1-34(2)23-12-14-25-30(38-31(37-25)26-13-11-22-8-5-6-9-24(22)36-26)29(23)32(40)39(33(34)41)19-7-17-35-18-16-21-10-15-27(42-3)28(20-21)43-4/h5-6,8-15,20,35H,7,16-19H2,1-4H3,(H,37,38). The van der Waals surface area contributed by atoms with Crippen LogP contribution in [0.3, 0.4) is 0 Å². The highest BCUT2D eigenvalue weighted by molar-refractivity contribution is 6.18. The van der Waals surface area contributed by atoms with E-state index in [9.17, 15) is 9.59 Å². The van der Waals surface area contributed by atoms with Gasteiger partial charge in [-0.1, -0.05) is 36.4 Å². The predicted molar refractivity (Wildman–Crippen MR) is 167 cm³/mol. The lowest BCUT2D eigenvalue weighted by atomic mass is 9.76. The van der Waals surface area contributed by atoms with E-state index in [2.05, 4.69) is 10.3 Å². The van der Waals surface area contributed by atoms with E-state index in [0.717, 1.165) is 34.9 Å². The molecule has 1 aliphatic rings. The van der Waals surface area contributed by atoms with Crippen molar-refractivity contribution in [2.45, 2.75) is 32.1 Å². The van der Waals surface area contributed by atoms with E-state index in [0.29, 0.717) is 59.2 Å². The third-order valence-electron chi connectivity index (χ3n) is 8.18. The summed E-state index contributed by atoms with van der Waals surface area (Å²) < 4.78 is 10.7. The number of aromatic amines is 1. The van der Waals surface area contributed by atoms with E-state index in [1.54, 1.807) is 14.2 Å². The number of imide groups is 1. The second-order valence-corrected chi connectivity index (χ2v) is 11.3. The van der Waals surface area contributed by atoms with Gasteiger partial charge in [-0.15, -0.1) is 0 Å². The van der Waals surface area contributed by atoms with Gasteiger partial charge in [0, 0.05) is 11.9 Å². The van der Waals surface area contributed by atoms with Crippen LogP contribution < -0.4 is 14.8 Å². The molecule has 5 aromatic rings. The molecule has 1 aliphatic heterocycles. The topological polar surface area (TPSA) is 109 Å². The lowest BCUT2D eigenvalue weighted by Gasteiger charge is -2.37. The van der Waals surface area contributed by atoms with Crippen molar-refractivity contribution in [2.24, 2.45) is 0 Å². The lowest BCUT2D eigenvalue weighted by Crippen LogP contribution is -2.52. The minimum absolute atomic E-state index is 0.193. The van der Waals surface area contributed by atoms with Gasteiger partial charge in [-0.05, 0) is 81.2 Å². The zero-order valence-corrected chi connectivity index (χ0v) is 24.9. The molecule has 0 unspecified atom stereocenters. The summed E-state index contributed by atoms with van der Waals surface area (Å²) in [5.41, 5.74) is 4.30. The summed E-state index contributed by atoms with van der Waals surface area (Å²) in [6.07, 6.45) is 1.45. The SMILES string of the molecule is COc1ccc(CCNCCCN2C(=O)c3c(ccc4[nH]c(-c5ccc6ccccc6n5)nc34)C(C)(C)C2=O)cc1OC. The number of amides is 2. The minimum Gasteiger partial charge on any atom is -0.493 e. The van der Waals surface area contributed by atoms with Gasteiger partial charge in [0.15, 0.2) is 17.3 Å². The number of hydrogen-bond acceptors (Lipinski definition) is 7. The van der Waals surface area contributed by atoms with Gasteiger partial charge in [-0.3, -0.25) is 14.5 Å². The van der Waals surface area contributed by atoms with Crippen LogP contribution >= 0.6 is 0 Å². The molecular formula is C34H35N5O4. The van der Waals surface area contributed by atoms with Crippen molar-refractivity contribution in [2.75, 3.05) is 33.9 Å². The molecule has 3 heterocycles. The summed E-state index contributed by atoms with van der Waals surface area (Å²) in [5, 5.41) is 4.47. The zero-order chi connectivity index (χ0) is 30.1. The molecule has 220 valence electrons. The maximum atomic E-state index is 13.9. The zero-order valence-electron chi connectivity index (χ0n) is 24.9. The van der Waals surface area contributed by atoms with Crippen LogP contribution in [-0.2, 0) is 16.6 Å². The van der Waals surface area contributed by atoms with Crippen molar-refractivity contribution in [3.63, 3.8) is 0 Å². The smallest absolute Gasteiger partial charge is 0.263 e. The van der Waals surface area contributed by atoms with Crippen LogP contribution in [0.2, 0.25) is 0 Å². The fourth-order valence-corrected chi connectivity index (χ4v) is 5.77. The molecule has 0 atom stereocenters. The Morgan fingerprint density at radius 1 is 0.907 bits per heavy atom. The van der Waals surface area contributed by atoms with Gasteiger partial charge in [-0.2, -0.15) is 0 Å². The quantitative estimate of drug-likeness (QED) is 0.172. The third-order valence-corrected chi connectivity index (χ3v) is 8.18. The number of ether oxygens (including phenoxy) is 2. The summed E-state index contributed by atoms with van der Waals surface area (Å²) in [6, 6.07) is 21.5.